The Hall–Kier alpha value is -2.49. The van der Waals surface area contributed by atoms with Crippen molar-refractivity contribution in [2.24, 2.45) is 0 Å². The molecule has 0 bridgehead atoms. The Morgan fingerprint density at radius 3 is 2.65 bits per heavy atom. The summed E-state index contributed by atoms with van der Waals surface area (Å²) in [6, 6.07) is 9.71. The molecule has 0 unspecified atom stereocenters. The molecule has 4 nitrogen and oxygen atoms in total. The lowest BCUT2D eigenvalue weighted by Crippen LogP contribution is -2.01. The first-order valence-electron chi connectivity index (χ1n) is 6.28. The maximum absolute atomic E-state index is 10.6. The molecule has 0 saturated heterocycles. The van der Waals surface area contributed by atoms with Crippen LogP contribution in [0.4, 0.5) is 0 Å². The van der Waals surface area contributed by atoms with E-state index < -0.39 is 5.97 Å². The van der Waals surface area contributed by atoms with Crippen LogP contribution in [0.25, 0.3) is 11.8 Å². The van der Waals surface area contributed by atoms with E-state index in [1.165, 1.54) is 0 Å². The Morgan fingerprint density at radius 2 is 2.00 bits per heavy atom. The third-order valence-electron chi connectivity index (χ3n) is 3.20. The fourth-order valence-corrected chi connectivity index (χ4v) is 2.30. The highest BCUT2D eigenvalue weighted by Crippen LogP contribution is 2.28. The van der Waals surface area contributed by atoms with Gasteiger partial charge in [0, 0.05) is 17.5 Å². The van der Waals surface area contributed by atoms with Gasteiger partial charge in [0.25, 0.3) is 0 Å². The highest BCUT2D eigenvalue weighted by atomic mass is 16.5. The molecule has 0 fully saturated rings. The quantitative estimate of drug-likeness (QED) is 0.869. The summed E-state index contributed by atoms with van der Waals surface area (Å²) < 4.78 is 7.44. The first kappa shape index (κ1) is 13.9. The van der Waals surface area contributed by atoms with Gasteiger partial charge in [-0.25, -0.2) is 4.79 Å². The lowest BCUT2D eigenvalue weighted by atomic mass is 10.2. The molecule has 0 spiro atoms. The Morgan fingerprint density at radius 1 is 1.30 bits per heavy atom. The lowest BCUT2D eigenvalue weighted by Gasteiger charge is -2.13. The van der Waals surface area contributed by atoms with Crippen molar-refractivity contribution in [2.45, 2.75) is 13.8 Å². The molecule has 2 aromatic rings. The Bertz CT molecular complexity index is 668. The second-order valence-corrected chi connectivity index (χ2v) is 4.51. The number of aromatic nitrogens is 1. The van der Waals surface area contributed by atoms with E-state index in [0.717, 1.165) is 34.5 Å². The van der Waals surface area contributed by atoms with Crippen molar-refractivity contribution in [3.63, 3.8) is 0 Å². The summed E-state index contributed by atoms with van der Waals surface area (Å²) in [6.07, 6.45) is 2.75. The molecule has 1 heterocycles. The monoisotopic (exact) mass is 271 g/mol. The summed E-state index contributed by atoms with van der Waals surface area (Å²) in [5, 5.41) is 8.73. The number of carbonyl (C=O) groups is 1. The lowest BCUT2D eigenvalue weighted by molar-refractivity contribution is -0.131. The van der Waals surface area contributed by atoms with Crippen molar-refractivity contribution in [1.29, 1.82) is 0 Å². The maximum Gasteiger partial charge on any atom is 0.328 e. The van der Waals surface area contributed by atoms with Crippen LogP contribution in [-0.4, -0.2) is 22.8 Å². The first-order chi connectivity index (χ1) is 9.54. The average molecular weight is 271 g/mol. The van der Waals surface area contributed by atoms with Crippen LogP contribution in [0.2, 0.25) is 0 Å². The molecule has 0 amide bonds. The van der Waals surface area contributed by atoms with Gasteiger partial charge >= 0.3 is 5.97 Å². The number of aliphatic carboxylic acids is 1. The number of rotatable bonds is 4. The van der Waals surface area contributed by atoms with Crippen molar-refractivity contribution >= 4 is 12.0 Å². The minimum Gasteiger partial charge on any atom is -0.495 e. The number of benzene rings is 1. The zero-order valence-corrected chi connectivity index (χ0v) is 11.8. The van der Waals surface area contributed by atoms with E-state index in [2.05, 4.69) is 4.57 Å². The highest BCUT2D eigenvalue weighted by molar-refractivity contribution is 5.85. The van der Waals surface area contributed by atoms with E-state index in [1.54, 1.807) is 13.2 Å². The molecule has 0 atom stereocenters. The molecule has 4 heteroatoms. The van der Waals surface area contributed by atoms with Gasteiger partial charge in [0.2, 0.25) is 0 Å². The second kappa shape index (κ2) is 5.65. The molecule has 2 rings (SSSR count). The van der Waals surface area contributed by atoms with E-state index >= 15 is 0 Å². The molecule has 1 N–H and O–H groups in total. The number of hydrogen-bond donors (Lipinski definition) is 1. The predicted molar refractivity (Wildman–Crippen MR) is 78.5 cm³/mol. The van der Waals surface area contributed by atoms with E-state index in [1.807, 2.05) is 44.2 Å². The van der Waals surface area contributed by atoms with Crippen LogP contribution in [-0.2, 0) is 4.79 Å². The van der Waals surface area contributed by atoms with E-state index in [4.69, 9.17) is 9.84 Å². The summed E-state index contributed by atoms with van der Waals surface area (Å²) in [7, 11) is 1.64. The summed E-state index contributed by atoms with van der Waals surface area (Å²) in [5.74, 6) is -0.171. The summed E-state index contributed by atoms with van der Waals surface area (Å²) >= 11 is 0. The van der Waals surface area contributed by atoms with Crippen LogP contribution in [0.1, 0.15) is 17.0 Å². The van der Waals surface area contributed by atoms with Gasteiger partial charge in [-0.3, -0.25) is 0 Å². The topological polar surface area (TPSA) is 51.5 Å². The molecule has 104 valence electrons. The normalized spacial score (nSPS) is 10.9. The first-order valence-corrected chi connectivity index (χ1v) is 6.28. The smallest absolute Gasteiger partial charge is 0.328 e. The highest BCUT2D eigenvalue weighted by Gasteiger charge is 2.12. The fraction of sp³-hybridized carbons (Fsp3) is 0.188. The SMILES string of the molecule is COc1ccccc1-n1c(C)cc(/C=C/C(=O)O)c1C. The Balaban J connectivity index is 2.55. The third kappa shape index (κ3) is 2.59. The van der Waals surface area contributed by atoms with E-state index in [9.17, 15) is 4.79 Å². The summed E-state index contributed by atoms with van der Waals surface area (Å²) in [4.78, 5) is 10.6. The van der Waals surface area contributed by atoms with Gasteiger partial charge in [0.05, 0.1) is 12.8 Å². The molecule has 0 aliphatic rings. The number of hydrogen-bond acceptors (Lipinski definition) is 2. The van der Waals surface area contributed by atoms with Crippen LogP contribution < -0.4 is 4.74 Å². The predicted octanol–water partition coefficient (Wildman–Crippen LogP) is 3.20. The van der Waals surface area contributed by atoms with Gasteiger partial charge in [-0.05, 0) is 43.7 Å². The molecule has 1 aromatic heterocycles. The Labute approximate surface area is 117 Å². The van der Waals surface area contributed by atoms with Gasteiger partial charge in [0.15, 0.2) is 0 Å². The zero-order chi connectivity index (χ0) is 14.7. The summed E-state index contributed by atoms with van der Waals surface area (Å²) in [5.41, 5.74) is 3.83. The number of aryl methyl sites for hydroxylation is 1. The number of carboxylic acids is 1. The number of ether oxygens (including phenoxy) is 1. The van der Waals surface area contributed by atoms with Crippen molar-refractivity contribution in [3.8, 4) is 11.4 Å². The van der Waals surface area contributed by atoms with Gasteiger partial charge in [-0.1, -0.05) is 12.1 Å². The molecule has 20 heavy (non-hydrogen) atoms. The molecule has 0 aliphatic heterocycles. The number of carboxylic acid groups (broad SMARTS) is 1. The van der Waals surface area contributed by atoms with Gasteiger partial charge in [0.1, 0.15) is 5.75 Å². The standard InChI is InChI=1S/C16H17NO3/c1-11-10-13(8-9-16(18)19)12(2)17(11)14-6-4-5-7-15(14)20-3/h4-10H,1-3H3,(H,18,19)/b9-8+. The van der Waals surface area contributed by atoms with Crippen molar-refractivity contribution in [1.82, 2.24) is 4.57 Å². The van der Waals surface area contributed by atoms with Crippen molar-refractivity contribution in [3.05, 3.63) is 53.4 Å². The molecule has 0 radical (unpaired) electrons. The zero-order valence-electron chi connectivity index (χ0n) is 11.8. The van der Waals surface area contributed by atoms with Crippen LogP contribution in [0.15, 0.2) is 36.4 Å². The van der Waals surface area contributed by atoms with Gasteiger partial charge in [-0.15, -0.1) is 0 Å². The minimum atomic E-state index is -0.952. The number of nitrogens with zero attached hydrogens (tertiary/aromatic N) is 1. The number of methoxy groups -OCH3 is 1. The van der Waals surface area contributed by atoms with Crippen molar-refractivity contribution in [2.75, 3.05) is 7.11 Å². The van der Waals surface area contributed by atoms with Crippen molar-refractivity contribution < 1.29 is 14.6 Å². The fourth-order valence-electron chi connectivity index (χ4n) is 2.30. The average Bonchev–Trinajstić information content (AvgIpc) is 2.71. The van der Waals surface area contributed by atoms with Crippen LogP contribution in [0.3, 0.4) is 0 Å². The third-order valence-corrected chi connectivity index (χ3v) is 3.20. The van der Waals surface area contributed by atoms with Crippen LogP contribution in [0, 0.1) is 13.8 Å². The number of para-hydroxylation sites is 2. The summed E-state index contributed by atoms with van der Waals surface area (Å²) in [6.45, 7) is 3.94. The molecular formula is C16H17NO3. The van der Waals surface area contributed by atoms with Gasteiger partial charge in [-0.2, -0.15) is 0 Å². The maximum atomic E-state index is 10.6. The van der Waals surface area contributed by atoms with E-state index in [-0.39, 0.29) is 0 Å². The largest absolute Gasteiger partial charge is 0.495 e. The second-order valence-electron chi connectivity index (χ2n) is 4.51. The van der Waals surface area contributed by atoms with E-state index in [0.29, 0.717) is 0 Å². The molecule has 0 saturated carbocycles. The Kier molecular flexibility index (Phi) is 3.94. The molecular weight excluding hydrogens is 254 g/mol. The molecule has 0 aliphatic carbocycles. The molecule has 1 aromatic carbocycles. The minimum absolute atomic E-state index is 0.781. The van der Waals surface area contributed by atoms with Crippen LogP contribution >= 0.6 is 0 Å². The van der Waals surface area contributed by atoms with Gasteiger partial charge < -0.3 is 14.4 Å². The van der Waals surface area contributed by atoms with Crippen LogP contribution in [0.5, 0.6) is 5.75 Å².